The average molecular weight is 292 g/mol. The minimum Gasteiger partial charge on any atom is -0.467 e. The lowest BCUT2D eigenvalue weighted by atomic mass is 9.85. The van der Waals surface area contributed by atoms with E-state index >= 15 is 0 Å². The highest BCUT2D eigenvalue weighted by molar-refractivity contribution is 5.86. The molecule has 0 saturated heterocycles. The first kappa shape index (κ1) is 16.7. The van der Waals surface area contributed by atoms with Gasteiger partial charge in [-0.3, -0.25) is 9.89 Å². The van der Waals surface area contributed by atoms with E-state index in [9.17, 15) is 9.59 Å². The van der Waals surface area contributed by atoms with Crippen molar-refractivity contribution in [3.05, 3.63) is 18.0 Å². The van der Waals surface area contributed by atoms with Crippen molar-refractivity contribution >= 4 is 11.9 Å². The van der Waals surface area contributed by atoms with E-state index in [1.54, 1.807) is 12.4 Å². The van der Waals surface area contributed by atoms with Crippen molar-refractivity contribution in [2.75, 3.05) is 7.11 Å². The van der Waals surface area contributed by atoms with Gasteiger partial charge in [0.25, 0.3) is 0 Å². The Morgan fingerprint density at radius 2 is 2.19 bits per heavy atom. The molecule has 1 heterocycles. The molecule has 0 aliphatic carbocycles. The Hall–Kier alpha value is -2.36. The van der Waals surface area contributed by atoms with Gasteiger partial charge in [0.1, 0.15) is 12.5 Å². The Morgan fingerprint density at radius 1 is 1.52 bits per heavy atom. The summed E-state index contributed by atoms with van der Waals surface area (Å²) in [7, 11) is 1.28. The monoisotopic (exact) mass is 292 g/mol. The molecule has 7 nitrogen and oxygen atoms in total. The molecule has 1 amide bonds. The molecule has 1 aromatic rings. The predicted molar refractivity (Wildman–Crippen MR) is 74.6 cm³/mol. The molecule has 0 aliphatic rings. The highest BCUT2D eigenvalue weighted by Gasteiger charge is 2.39. The van der Waals surface area contributed by atoms with Crippen molar-refractivity contribution < 1.29 is 14.3 Å². The number of nitriles is 1. The molecule has 0 spiro atoms. The van der Waals surface area contributed by atoms with Gasteiger partial charge >= 0.3 is 5.97 Å². The van der Waals surface area contributed by atoms with Gasteiger partial charge in [-0.2, -0.15) is 10.4 Å². The van der Waals surface area contributed by atoms with Crippen LogP contribution < -0.4 is 0 Å². The van der Waals surface area contributed by atoms with E-state index in [4.69, 9.17) is 10.00 Å². The molecule has 0 aromatic carbocycles. The summed E-state index contributed by atoms with van der Waals surface area (Å²) in [6.07, 6.45) is 2.93. The minimum atomic E-state index is -0.779. The number of amides is 1. The van der Waals surface area contributed by atoms with Crippen molar-refractivity contribution in [2.45, 2.75) is 39.8 Å². The number of hydrogen-bond donors (Lipinski definition) is 1. The smallest absolute Gasteiger partial charge is 0.329 e. The molecule has 21 heavy (non-hydrogen) atoms. The number of ether oxygens (including phenoxy) is 1. The zero-order chi connectivity index (χ0) is 16.0. The van der Waals surface area contributed by atoms with E-state index in [0.29, 0.717) is 0 Å². The van der Waals surface area contributed by atoms with Crippen LogP contribution in [0.1, 0.15) is 32.8 Å². The zero-order valence-corrected chi connectivity index (χ0v) is 12.7. The Labute approximate surface area is 123 Å². The normalized spacial score (nSPS) is 12.3. The average Bonchev–Trinajstić information content (AvgIpc) is 2.89. The third-order valence-electron chi connectivity index (χ3n) is 3.01. The third kappa shape index (κ3) is 4.31. The van der Waals surface area contributed by atoms with Crippen molar-refractivity contribution in [2.24, 2.45) is 5.41 Å². The standard InChI is InChI=1S/C14H20N4O3/c1-14(2,3)12(13(20)21-4)18(11(19)5-6-15)9-10-7-16-17-8-10/h7-8,12H,5,9H2,1-4H3,(H,16,17)/t12-/m1/s1. The summed E-state index contributed by atoms with van der Waals surface area (Å²) < 4.78 is 4.83. The number of carbonyl (C=O) groups is 2. The summed E-state index contributed by atoms with van der Waals surface area (Å²) in [6.45, 7) is 5.72. The van der Waals surface area contributed by atoms with Gasteiger partial charge in [0.05, 0.1) is 19.4 Å². The second-order valence-corrected chi connectivity index (χ2v) is 5.75. The highest BCUT2D eigenvalue weighted by Crippen LogP contribution is 2.27. The summed E-state index contributed by atoms with van der Waals surface area (Å²) in [4.78, 5) is 25.7. The molecule has 0 bridgehead atoms. The van der Waals surface area contributed by atoms with E-state index in [2.05, 4.69) is 10.2 Å². The lowest BCUT2D eigenvalue weighted by Crippen LogP contribution is -2.52. The van der Waals surface area contributed by atoms with E-state index in [-0.39, 0.29) is 13.0 Å². The maximum absolute atomic E-state index is 12.2. The third-order valence-corrected chi connectivity index (χ3v) is 3.01. The molecule has 1 N–H and O–H groups in total. The van der Waals surface area contributed by atoms with Crippen molar-refractivity contribution in [1.82, 2.24) is 15.1 Å². The van der Waals surface area contributed by atoms with Crippen molar-refractivity contribution in [3.8, 4) is 6.07 Å². The van der Waals surface area contributed by atoms with Gasteiger partial charge in [0.15, 0.2) is 0 Å². The van der Waals surface area contributed by atoms with Gasteiger partial charge in [0.2, 0.25) is 5.91 Å². The molecule has 0 radical (unpaired) electrons. The highest BCUT2D eigenvalue weighted by atomic mass is 16.5. The van der Waals surface area contributed by atoms with Crippen LogP contribution in [0.3, 0.4) is 0 Å². The minimum absolute atomic E-state index is 0.189. The van der Waals surface area contributed by atoms with Crippen molar-refractivity contribution in [3.63, 3.8) is 0 Å². The summed E-state index contributed by atoms with van der Waals surface area (Å²) in [5, 5.41) is 15.2. The number of hydrogen-bond acceptors (Lipinski definition) is 5. The summed E-state index contributed by atoms with van der Waals surface area (Å²) >= 11 is 0. The van der Waals surface area contributed by atoms with Gasteiger partial charge in [-0.1, -0.05) is 20.8 Å². The molecule has 0 aliphatic heterocycles. The molecule has 0 unspecified atom stereocenters. The summed E-state index contributed by atoms with van der Waals surface area (Å²) in [5.74, 6) is -0.915. The van der Waals surface area contributed by atoms with Gasteiger partial charge in [-0.05, 0) is 5.41 Å². The fraction of sp³-hybridized carbons (Fsp3) is 0.571. The van der Waals surface area contributed by atoms with E-state index < -0.39 is 23.3 Å². The Balaban J connectivity index is 3.15. The zero-order valence-electron chi connectivity index (χ0n) is 12.7. The van der Waals surface area contributed by atoms with Crippen LogP contribution in [0.15, 0.2) is 12.4 Å². The molecule has 7 heteroatoms. The number of nitrogens with zero attached hydrogens (tertiary/aromatic N) is 3. The molecule has 114 valence electrons. The molecular weight excluding hydrogens is 272 g/mol. The fourth-order valence-electron chi connectivity index (χ4n) is 2.11. The van der Waals surface area contributed by atoms with E-state index in [1.165, 1.54) is 12.0 Å². The molecule has 1 rings (SSSR count). The van der Waals surface area contributed by atoms with Crippen LogP contribution in [0.4, 0.5) is 0 Å². The maximum atomic E-state index is 12.2. The quantitative estimate of drug-likeness (QED) is 0.823. The van der Waals surface area contributed by atoms with Crippen LogP contribution in [0, 0.1) is 16.7 Å². The van der Waals surface area contributed by atoms with Crippen molar-refractivity contribution in [1.29, 1.82) is 5.26 Å². The lowest BCUT2D eigenvalue weighted by molar-refractivity contribution is -0.158. The molecule has 0 fully saturated rings. The second-order valence-electron chi connectivity index (χ2n) is 5.75. The van der Waals surface area contributed by atoms with Crippen LogP contribution >= 0.6 is 0 Å². The number of nitrogens with one attached hydrogen (secondary N) is 1. The van der Waals surface area contributed by atoms with Crippen LogP contribution in [-0.4, -0.2) is 40.1 Å². The molecular formula is C14H20N4O3. The molecule has 1 aromatic heterocycles. The first-order valence-electron chi connectivity index (χ1n) is 6.53. The Bertz CT molecular complexity index is 525. The van der Waals surface area contributed by atoms with Crippen LogP contribution in [0.2, 0.25) is 0 Å². The van der Waals surface area contributed by atoms with Gasteiger partial charge in [0, 0.05) is 18.3 Å². The fourth-order valence-corrected chi connectivity index (χ4v) is 2.11. The van der Waals surface area contributed by atoms with Crippen LogP contribution in [0.25, 0.3) is 0 Å². The summed E-state index contributed by atoms with van der Waals surface area (Å²) in [6, 6.07) is 1.04. The number of methoxy groups -OCH3 is 1. The number of esters is 1. The van der Waals surface area contributed by atoms with E-state index in [0.717, 1.165) is 5.56 Å². The number of carbonyl (C=O) groups excluding carboxylic acids is 2. The van der Waals surface area contributed by atoms with Crippen LogP contribution in [-0.2, 0) is 20.9 Å². The Morgan fingerprint density at radius 3 is 2.62 bits per heavy atom. The van der Waals surface area contributed by atoms with Gasteiger partial charge in [-0.25, -0.2) is 4.79 Å². The summed E-state index contributed by atoms with van der Waals surface area (Å²) in [5.41, 5.74) is 0.224. The largest absolute Gasteiger partial charge is 0.467 e. The number of rotatable bonds is 5. The first-order chi connectivity index (χ1) is 9.81. The first-order valence-corrected chi connectivity index (χ1v) is 6.53. The second kappa shape index (κ2) is 6.88. The lowest BCUT2D eigenvalue weighted by Gasteiger charge is -2.37. The topological polar surface area (TPSA) is 99.1 Å². The maximum Gasteiger partial charge on any atom is 0.329 e. The number of H-pyrrole nitrogens is 1. The number of aromatic nitrogens is 2. The van der Waals surface area contributed by atoms with E-state index in [1.807, 2.05) is 26.8 Å². The Kier molecular flexibility index (Phi) is 5.47. The van der Waals surface area contributed by atoms with Gasteiger partial charge < -0.3 is 9.64 Å². The molecule has 0 saturated carbocycles. The molecule has 1 atom stereocenters. The SMILES string of the molecule is COC(=O)[C@@H](N(Cc1cn[nH]c1)C(=O)CC#N)C(C)(C)C. The predicted octanol–water partition coefficient (Wildman–Crippen LogP) is 1.24. The van der Waals surface area contributed by atoms with Gasteiger partial charge in [-0.15, -0.1) is 0 Å². The van der Waals surface area contributed by atoms with Crippen LogP contribution in [0.5, 0.6) is 0 Å². The number of aromatic amines is 1.